The summed E-state index contributed by atoms with van der Waals surface area (Å²) in [7, 11) is -3.88. The van der Waals surface area contributed by atoms with Crippen molar-refractivity contribution in [1.82, 2.24) is 4.57 Å². The molecule has 10 heteroatoms. The number of fused-ring (bicyclic) bond motifs is 1. The van der Waals surface area contributed by atoms with Gasteiger partial charge in [-0.2, -0.15) is 4.99 Å². The lowest BCUT2D eigenvalue weighted by atomic mass is 10.2. The summed E-state index contributed by atoms with van der Waals surface area (Å²) in [5.41, 5.74) is 1.52. The van der Waals surface area contributed by atoms with E-state index in [9.17, 15) is 17.6 Å². The summed E-state index contributed by atoms with van der Waals surface area (Å²) in [6, 6.07) is 16.3. The highest BCUT2D eigenvalue weighted by atomic mass is 79.9. The maximum atomic E-state index is 13.1. The molecule has 33 heavy (non-hydrogen) atoms. The van der Waals surface area contributed by atoms with E-state index in [1.807, 2.05) is 22.8 Å². The van der Waals surface area contributed by atoms with Crippen molar-refractivity contribution in [3.05, 3.63) is 100 Å². The number of nitrogens with zero attached hydrogens (tertiary/aromatic N) is 2. The van der Waals surface area contributed by atoms with E-state index in [2.05, 4.69) is 32.2 Å². The Morgan fingerprint density at radius 3 is 2.48 bits per heavy atom. The minimum Gasteiger partial charge on any atom is -0.312 e. The van der Waals surface area contributed by atoms with Gasteiger partial charge >= 0.3 is 0 Å². The number of hydrogen-bond donors (Lipinski definition) is 1. The SMILES string of the molecule is C=CCn1c(=NC(=O)c2ccc(NS(=O)(=O)c3ccc(F)cc3)cc2)sc2cc(Br)ccc21. The second-order valence-electron chi connectivity index (χ2n) is 6.95. The fourth-order valence-electron chi connectivity index (χ4n) is 3.10. The minimum atomic E-state index is -3.88. The number of benzene rings is 3. The summed E-state index contributed by atoms with van der Waals surface area (Å²) in [5, 5.41) is 0. The van der Waals surface area contributed by atoms with Gasteiger partial charge in [0, 0.05) is 22.3 Å². The number of aromatic nitrogens is 1. The van der Waals surface area contributed by atoms with Gasteiger partial charge in [0.05, 0.1) is 15.1 Å². The van der Waals surface area contributed by atoms with Gasteiger partial charge in [0.15, 0.2) is 4.80 Å². The van der Waals surface area contributed by atoms with Crippen LogP contribution in [0.15, 0.2) is 93.7 Å². The zero-order valence-corrected chi connectivity index (χ0v) is 20.3. The lowest BCUT2D eigenvalue weighted by Gasteiger charge is -2.08. The molecule has 1 N–H and O–H groups in total. The first-order valence-electron chi connectivity index (χ1n) is 9.64. The van der Waals surface area contributed by atoms with Crippen molar-refractivity contribution in [1.29, 1.82) is 0 Å². The molecule has 1 aromatic heterocycles. The molecule has 0 spiro atoms. The van der Waals surface area contributed by atoms with Crippen LogP contribution in [0.1, 0.15) is 10.4 Å². The molecule has 0 saturated heterocycles. The van der Waals surface area contributed by atoms with Gasteiger partial charge < -0.3 is 4.57 Å². The predicted octanol–water partition coefficient (Wildman–Crippen LogP) is 5.33. The van der Waals surface area contributed by atoms with E-state index in [0.29, 0.717) is 16.9 Å². The van der Waals surface area contributed by atoms with Gasteiger partial charge in [-0.05, 0) is 66.7 Å². The number of rotatable bonds is 6. The van der Waals surface area contributed by atoms with Crippen molar-refractivity contribution >= 4 is 59.1 Å². The fraction of sp³-hybridized carbons (Fsp3) is 0.0435. The Labute approximate surface area is 201 Å². The molecule has 0 fully saturated rings. The molecule has 0 aliphatic heterocycles. The third-order valence-electron chi connectivity index (χ3n) is 4.66. The first-order valence-corrected chi connectivity index (χ1v) is 12.7. The van der Waals surface area contributed by atoms with Gasteiger partial charge in [0.1, 0.15) is 5.82 Å². The molecule has 168 valence electrons. The molecule has 0 atom stereocenters. The molecular formula is C23H17BrFN3O3S2. The van der Waals surface area contributed by atoms with Crippen LogP contribution in [0.2, 0.25) is 0 Å². The normalized spacial score (nSPS) is 12.1. The van der Waals surface area contributed by atoms with Crippen molar-refractivity contribution in [2.75, 3.05) is 4.72 Å². The summed E-state index contributed by atoms with van der Waals surface area (Å²) in [5.74, 6) is -0.979. The fourth-order valence-corrected chi connectivity index (χ4v) is 5.75. The van der Waals surface area contributed by atoms with Gasteiger partial charge in [-0.3, -0.25) is 9.52 Å². The highest BCUT2D eigenvalue weighted by Gasteiger charge is 2.15. The number of amides is 1. The van der Waals surface area contributed by atoms with E-state index in [4.69, 9.17) is 0 Å². The van der Waals surface area contributed by atoms with Crippen LogP contribution < -0.4 is 9.52 Å². The highest BCUT2D eigenvalue weighted by molar-refractivity contribution is 9.10. The van der Waals surface area contributed by atoms with Gasteiger partial charge in [0.2, 0.25) is 0 Å². The van der Waals surface area contributed by atoms with E-state index in [-0.39, 0.29) is 10.6 Å². The summed E-state index contributed by atoms with van der Waals surface area (Å²) in [6.45, 7) is 4.27. The standard InChI is InChI=1S/C23H17BrFN3O3S2/c1-2-13-28-20-12-5-16(24)14-21(20)32-23(28)26-22(29)15-3-8-18(9-4-15)27-33(30,31)19-10-6-17(25)7-11-19/h2-12,14,27H,1,13H2. The van der Waals surface area contributed by atoms with Crippen LogP contribution in [0.4, 0.5) is 10.1 Å². The summed E-state index contributed by atoms with van der Waals surface area (Å²) >= 11 is 4.84. The number of hydrogen-bond acceptors (Lipinski definition) is 4. The Bertz CT molecular complexity index is 1520. The number of halogens is 2. The van der Waals surface area contributed by atoms with Gasteiger partial charge in [-0.15, -0.1) is 6.58 Å². The molecule has 0 aliphatic rings. The zero-order chi connectivity index (χ0) is 23.6. The van der Waals surface area contributed by atoms with Crippen molar-refractivity contribution in [3.8, 4) is 0 Å². The van der Waals surface area contributed by atoms with Crippen LogP contribution in [-0.4, -0.2) is 18.9 Å². The Balaban J connectivity index is 1.60. The Morgan fingerprint density at radius 1 is 1.12 bits per heavy atom. The topological polar surface area (TPSA) is 80.5 Å². The van der Waals surface area contributed by atoms with Crippen LogP contribution >= 0.6 is 27.3 Å². The molecule has 1 heterocycles. The van der Waals surface area contributed by atoms with Crippen LogP contribution in [0.5, 0.6) is 0 Å². The first-order chi connectivity index (χ1) is 15.8. The Hall–Kier alpha value is -3.08. The average Bonchev–Trinajstić information content (AvgIpc) is 3.10. The number of thiazole rings is 1. The molecule has 0 unspecified atom stereocenters. The first kappa shape index (κ1) is 23.1. The maximum absolute atomic E-state index is 13.1. The maximum Gasteiger partial charge on any atom is 0.279 e. The number of sulfonamides is 1. The molecule has 6 nitrogen and oxygen atoms in total. The number of anilines is 1. The van der Waals surface area contributed by atoms with E-state index in [1.165, 1.54) is 47.7 Å². The molecule has 0 radical (unpaired) electrons. The number of nitrogens with one attached hydrogen (secondary N) is 1. The third kappa shape index (κ3) is 5.13. The molecule has 4 rings (SSSR count). The van der Waals surface area contributed by atoms with Gasteiger partial charge in [-0.25, -0.2) is 12.8 Å². The number of allylic oxidation sites excluding steroid dienone is 1. The quantitative estimate of drug-likeness (QED) is 0.332. The smallest absolute Gasteiger partial charge is 0.279 e. The van der Waals surface area contributed by atoms with Crippen LogP contribution in [0, 0.1) is 5.82 Å². The van der Waals surface area contributed by atoms with E-state index in [1.54, 1.807) is 6.08 Å². The van der Waals surface area contributed by atoms with Crippen molar-refractivity contribution in [3.63, 3.8) is 0 Å². The summed E-state index contributed by atoms with van der Waals surface area (Å²) in [6.07, 6.45) is 1.74. The minimum absolute atomic E-state index is 0.0674. The van der Waals surface area contributed by atoms with Gasteiger partial charge in [0.25, 0.3) is 15.9 Å². The zero-order valence-electron chi connectivity index (χ0n) is 17.0. The largest absolute Gasteiger partial charge is 0.312 e. The third-order valence-corrected chi connectivity index (χ3v) is 7.59. The molecule has 3 aromatic carbocycles. The van der Waals surface area contributed by atoms with Crippen molar-refractivity contribution in [2.45, 2.75) is 11.4 Å². The van der Waals surface area contributed by atoms with E-state index in [0.717, 1.165) is 26.8 Å². The molecule has 1 amide bonds. The van der Waals surface area contributed by atoms with Crippen LogP contribution in [0.3, 0.4) is 0 Å². The Kier molecular flexibility index (Phi) is 6.59. The molecule has 0 aliphatic carbocycles. The van der Waals surface area contributed by atoms with Crippen LogP contribution in [-0.2, 0) is 16.6 Å². The summed E-state index contributed by atoms with van der Waals surface area (Å²) < 4.78 is 44.2. The second-order valence-corrected chi connectivity index (χ2v) is 10.6. The monoisotopic (exact) mass is 545 g/mol. The Morgan fingerprint density at radius 2 is 1.82 bits per heavy atom. The molecule has 0 bridgehead atoms. The van der Waals surface area contributed by atoms with Crippen LogP contribution in [0.25, 0.3) is 10.2 Å². The highest BCUT2D eigenvalue weighted by Crippen LogP contribution is 2.23. The second kappa shape index (κ2) is 9.42. The van der Waals surface area contributed by atoms with Crippen molar-refractivity contribution in [2.24, 2.45) is 4.99 Å². The average molecular weight is 546 g/mol. The van der Waals surface area contributed by atoms with Crippen molar-refractivity contribution < 1.29 is 17.6 Å². The summed E-state index contributed by atoms with van der Waals surface area (Å²) in [4.78, 5) is 17.5. The molecule has 4 aromatic rings. The predicted molar refractivity (Wildman–Crippen MR) is 131 cm³/mol. The molecular weight excluding hydrogens is 529 g/mol. The lowest BCUT2D eigenvalue weighted by molar-refractivity contribution is 0.0998. The van der Waals surface area contributed by atoms with Gasteiger partial charge in [-0.1, -0.05) is 33.3 Å². The molecule has 0 saturated carbocycles. The van der Waals surface area contributed by atoms with E-state index >= 15 is 0 Å². The number of carbonyl (C=O) groups is 1. The number of carbonyl (C=O) groups excluding carboxylic acids is 1. The lowest BCUT2D eigenvalue weighted by Crippen LogP contribution is -2.16. The van der Waals surface area contributed by atoms with E-state index < -0.39 is 21.7 Å².